The molecule has 2 rings (SSSR count). The highest BCUT2D eigenvalue weighted by molar-refractivity contribution is 5.38. The minimum atomic E-state index is -0.407. The maximum Gasteiger partial charge on any atom is 0.184 e. The van der Waals surface area contributed by atoms with Crippen LogP contribution < -0.4 is 4.74 Å². The van der Waals surface area contributed by atoms with Crippen LogP contribution in [0, 0.1) is 25.2 Å². The van der Waals surface area contributed by atoms with Gasteiger partial charge in [-0.3, -0.25) is 0 Å². The van der Waals surface area contributed by atoms with E-state index in [1.54, 1.807) is 0 Å². The van der Waals surface area contributed by atoms with E-state index in [1.165, 1.54) is 11.1 Å². The quantitative estimate of drug-likeness (QED) is 0.811. The molecule has 0 aliphatic heterocycles. The van der Waals surface area contributed by atoms with Crippen molar-refractivity contribution in [1.29, 1.82) is 5.26 Å². The Morgan fingerprint density at radius 2 is 1.80 bits per heavy atom. The molecule has 102 valence electrons. The summed E-state index contributed by atoms with van der Waals surface area (Å²) in [5, 5.41) is 9.25. The predicted octanol–water partition coefficient (Wildman–Crippen LogP) is 4.21. The highest BCUT2D eigenvalue weighted by Crippen LogP contribution is 2.22. The van der Waals surface area contributed by atoms with E-state index >= 15 is 0 Å². The van der Waals surface area contributed by atoms with Crippen LogP contribution in [-0.4, -0.2) is 6.10 Å². The van der Waals surface area contributed by atoms with Gasteiger partial charge in [0.25, 0.3) is 0 Å². The molecule has 0 amide bonds. The summed E-state index contributed by atoms with van der Waals surface area (Å²) < 4.78 is 5.84. The molecule has 0 saturated carbocycles. The number of ether oxygens (including phenoxy) is 1. The summed E-state index contributed by atoms with van der Waals surface area (Å²) in [4.78, 5) is 0. The lowest BCUT2D eigenvalue weighted by atomic mass is 10.1. The SMILES string of the molecule is Cc1cccc(OC(C#N)CCc2ccccc2)c1C. The van der Waals surface area contributed by atoms with Crippen molar-refractivity contribution in [3.05, 3.63) is 65.2 Å². The van der Waals surface area contributed by atoms with E-state index in [9.17, 15) is 5.26 Å². The van der Waals surface area contributed by atoms with Crippen LogP contribution in [0.2, 0.25) is 0 Å². The first-order valence-electron chi connectivity index (χ1n) is 6.87. The molecule has 0 aromatic heterocycles. The van der Waals surface area contributed by atoms with Crippen LogP contribution >= 0.6 is 0 Å². The average Bonchev–Trinajstić information content (AvgIpc) is 2.49. The molecule has 0 bridgehead atoms. The monoisotopic (exact) mass is 265 g/mol. The number of nitriles is 1. The van der Waals surface area contributed by atoms with E-state index in [0.717, 1.165) is 17.7 Å². The zero-order chi connectivity index (χ0) is 14.4. The van der Waals surface area contributed by atoms with Crippen LogP contribution in [0.4, 0.5) is 0 Å². The van der Waals surface area contributed by atoms with Gasteiger partial charge in [-0.1, -0.05) is 42.5 Å². The Kier molecular flexibility index (Phi) is 4.79. The molecule has 0 fully saturated rings. The van der Waals surface area contributed by atoms with Crippen LogP contribution in [0.1, 0.15) is 23.1 Å². The van der Waals surface area contributed by atoms with Gasteiger partial charge in [0, 0.05) is 6.42 Å². The Bertz CT molecular complexity index is 599. The van der Waals surface area contributed by atoms with Gasteiger partial charge in [-0.25, -0.2) is 0 Å². The molecule has 0 radical (unpaired) electrons. The number of rotatable bonds is 5. The van der Waals surface area contributed by atoms with E-state index in [1.807, 2.05) is 50.2 Å². The number of aryl methyl sites for hydroxylation is 2. The van der Waals surface area contributed by atoms with Gasteiger partial charge in [0.2, 0.25) is 0 Å². The molecule has 1 unspecified atom stereocenters. The smallest absolute Gasteiger partial charge is 0.184 e. The van der Waals surface area contributed by atoms with Crippen molar-refractivity contribution in [2.75, 3.05) is 0 Å². The van der Waals surface area contributed by atoms with Crippen LogP contribution in [0.3, 0.4) is 0 Å². The first-order chi connectivity index (χ1) is 9.70. The molecule has 0 N–H and O–H groups in total. The van der Waals surface area contributed by atoms with Gasteiger partial charge in [0.1, 0.15) is 11.8 Å². The van der Waals surface area contributed by atoms with Crippen LogP contribution in [-0.2, 0) is 6.42 Å². The summed E-state index contributed by atoms with van der Waals surface area (Å²) >= 11 is 0. The van der Waals surface area contributed by atoms with Gasteiger partial charge in [-0.15, -0.1) is 0 Å². The van der Waals surface area contributed by atoms with Gasteiger partial charge in [0.15, 0.2) is 6.10 Å². The molecule has 20 heavy (non-hydrogen) atoms. The Morgan fingerprint density at radius 3 is 2.50 bits per heavy atom. The average molecular weight is 265 g/mol. The summed E-state index contributed by atoms with van der Waals surface area (Å²) in [5.41, 5.74) is 3.52. The maximum atomic E-state index is 9.25. The summed E-state index contributed by atoms with van der Waals surface area (Å²) in [5.74, 6) is 0.810. The molecule has 1 atom stereocenters. The van der Waals surface area contributed by atoms with Crippen molar-refractivity contribution in [2.45, 2.75) is 32.8 Å². The Labute approximate surface area is 120 Å². The van der Waals surface area contributed by atoms with Crippen molar-refractivity contribution < 1.29 is 4.74 Å². The third kappa shape index (κ3) is 3.61. The lowest BCUT2D eigenvalue weighted by Crippen LogP contribution is -2.15. The van der Waals surface area contributed by atoms with E-state index in [-0.39, 0.29) is 0 Å². The highest BCUT2D eigenvalue weighted by Gasteiger charge is 2.11. The zero-order valence-electron chi connectivity index (χ0n) is 12.0. The molecule has 2 nitrogen and oxygen atoms in total. The summed E-state index contributed by atoms with van der Waals surface area (Å²) in [6.45, 7) is 4.07. The third-order valence-electron chi connectivity index (χ3n) is 3.51. The second-order valence-electron chi connectivity index (χ2n) is 4.96. The van der Waals surface area contributed by atoms with Gasteiger partial charge >= 0.3 is 0 Å². The van der Waals surface area contributed by atoms with Crippen molar-refractivity contribution in [3.8, 4) is 11.8 Å². The van der Waals surface area contributed by atoms with Crippen LogP contribution in [0.25, 0.3) is 0 Å². The van der Waals surface area contributed by atoms with E-state index in [2.05, 4.69) is 18.2 Å². The first kappa shape index (κ1) is 14.1. The third-order valence-corrected chi connectivity index (χ3v) is 3.51. The molecule has 0 spiro atoms. The molecule has 0 heterocycles. The van der Waals surface area contributed by atoms with Crippen molar-refractivity contribution >= 4 is 0 Å². The Balaban J connectivity index is 1.99. The molecule has 2 aromatic rings. The number of hydrogen-bond donors (Lipinski definition) is 0. The van der Waals surface area contributed by atoms with E-state index < -0.39 is 6.10 Å². The lowest BCUT2D eigenvalue weighted by molar-refractivity contribution is 0.244. The largest absolute Gasteiger partial charge is 0.475 e. The van der Waals surface area contributed by atoms with Crippen molar-refractivity contribution in [1.82, 2.24) is 0 Å². The van der Waals surface area contributed by atoms with E-state index in [0.29, 0.717) is 6.42 Å². The van der Waals surface area contributed by atoms with Crippen LogP contribution in [0.5, 0.6) is 5.75 Å². The second-order valence-corrected chi connectivity index (χ2v) is 4.96. The fourth-order valence-corrected chi connectivity index (χ4v) is 2.10. The van der Waals surface area contributed by atoms with Gasteiger partial charge in [-0.2, -0.15) is 5.26 Å². The van der Waals surface area contributed by atoms with Crippen molar-refractivity contribution in [3.63, 3.8) is 0 Å². The molecule has 0 aliphatic carbocycles. The fraction of sp³-hybridized carbons (Fsp3) is 0.278. The normalized spacial score (nSPS) is 11.7. The van der Waals surface area contributed by atoms with Crippen LogP contribution in [0.15, 0.2) is 48.5 Å². The molecule has 0 aliphatic rings. The zero-order valence-corrected chi connectivity index (χ0v) is 12.0. The lowest BCUT2D eigenvalue weighted by Gasteiger charge is -2.15. The standard InChI is InChI=1S/C18H19NO/c1-14-7-6-10-18(15(14)2)20-17(13-19)12-11-16-8-4-3-5-9-16/h3-10,17H,11-12H2,1-2H3. The molecular weight excluding hydrogens is 246 g/mol. The minimum absolute atomic E-state index is 0.407. The molecule has 2 heteroatoms. The molecule has 2 aromatic carbocycles. The number of benzene rings is 2. The fourth-order valence-electron chi connectivity index (χ4n) is 2.10. The first-order valence-corrected chi connectivity index (χ1v) is 6.87. The van der Waals surface area contributed by atoms with Gasteiger partial charge in [0.05, 0.1) is 0 Å². The van der Waals surface area contributed by atoms with Crippen molar-refractivity contribution in [2.24, 2.45) is 0 Å². The predicted molar refractivity (Wildman–Crippen MR) is 80.7 cm³/mol. The summed E-state index contributed by atoms with van der Waals surface area (Å²) in [6.07, 6.45) is 1.15. The minimum Gasteiger partial charge on any atom is -0.475 e. The van der Waals surface area contributed by atoms with Gasteiger partial charge in [-0.05, 0) is 43.0 Å². The number of hydrogen-bond acceptors (Lipinski definition) is 2. The van der Waals surface area contributed by atoms with E-state index in [4.69, 9.17) is 4.74 Å². The number of nitrogens with zero attached hydrogens (tertiary/aromatic N) is 1. The molecular formula is C18H19NO. The summed E-state index contributed by atoms with van der Waals surface area (Å²) in [6, 6.07) is 18.4. The second kappa shape index (κ2) is 6.77. The highest BCUT2D eigenvalue weighted by atomic mass is 16.5. The van der Waals surface area contributed by atoms with Gasteiger partial charge < -0.3 is 4.74 Å². The summed E-state index contributed by atoms with van der Waals surface area (Å²) in [7, 11) is 0. The Hall–Kier alpha value is -2.27. The Morgan fingerprint density at radius 1 is 1.05 bits per heavy atom. The topological polar surface area (TPSA) is 33.0 Å². The maximum absolute atomic E-state index is 9.25. The molecule has 0 saturated heterocycles.